The Balaban J connectivity index is 1.47. The van der Waals surface area contributed by atoms with E-state index in [-0.39, 0.29) is 23.0 Å². The first-order valence-corrected chi connectivity index (χ1v) is 12.3. The summed E-state index contributed by atoms with van der Waals surface area (Å²) in [4.78, 5) is 16.5. The molecule has 5 nitrogen and oxygen atoms in total. The lowest BCUT2D eigenvalue weighted by Gasteiger charge is -2.58. The van der Waals surface area contributed by atoms with Crippen molar-refractivity contribution in [2.24, 2.45) is 28.6 Å². The van der Waals surface area contributed by atoms with Crippen LogP contribution >= 0.6 is 0 Å². The highest BCUT2D eigenvalue weighted by molar-refractivity contribution is 5.72. The summed E-state index contributed by atoms with van der Waals surface area (Å²) in [6.07, 6.45) is 11.7. The molecule has 4 rings (SSSR count). The van der Waals surface area contributed by atoms with Crippen molar-refractivity contribution in [3.63, 3.8) is 0 Å². The molecule has 2 saturated carbocycles. The summed E-state index contributed by atoms with van der Waals surface area (Å²) in [7, 11) is 0. The Morgan fingerprint density at radius 3 is 2.72 bits per heavy atom. The standard InChI is InChI=1S/C27H40N2O3/c1-25(2,3)32-24(31)29-16-14-27(5)22-12-13-26(4)20(18-7-6-15-28-17-18)9-10-21(26)19(22)8-11-23(27)30/h6-7,9,15,17,19,21-23,30H,8,10-14,16H2,1-5H3,(H,29,31)/t19-,21-,22-,23?,26+,27+/m0/s1. The second kappa shape index (κ2) is 8.48. The summed E-state index contributed by atoms with van der Waals surface area (Å²) in [5.41, 5.74) is 2.22. The van der Waals surface area contributed by atoms with Gasteiger partial charge in [-0.15, -0.1) is 0 Å². The largest absolute Gasteiger partial charge is 0.444 e. The Morgan fingerprint density at radius 2 is 2.03 bits per heavy atom. The second-order valence-corrected chi connectivity index (χ2v) is 11.7. The van der Waals surface area contributed by atoms with Crippen LogP contribution in [0, 0.1) is 28.6 Å². The highest BCUT2D eigenvalue weighted by atomic mass is 16.6. The number of pyridine rings is 1. The van der Waals surface area contributed by atoms with E-state index in [1.807, 2.05) is 39.2 Å². The molecule has 2 N–H and O–H groups in total. The maximum Gasteiger partial charge on any atom is 0.407 e. The number of alkyl carbamates (subject to hydrolysis) is 1. The van der Waals surface area contributed by atoms with Gasteiger partial charge >= 0.3 is 6.09 Å². The van der Waals surface area contributed by atoms with Gasteiger partial charge in [-0.3, -0.25) is 4.98 Å². The quantitative estimate of drug-likeness (QED) is 0.640. The van der Waals surface area contributed by atoms with Crippen LogP contribution < -0.4 is 5.32 Å². The topological polar surface area (TPSA) is 71.5 Å². The van der Waals surface area contributed by atoms with Crippen molar-refractivity contribution in [3.05, 3.63) is 36.2 Å². The van der Waals surface area contributed by atoms with E-state index in [0.717, 1.165) is 38.5 Å². The van der Waals surface area contributed by atoms with E-state index in [4.69, 9.17) is 4.74 Å². The van der Waals surface area contributed by atoms with Crippen LogP contribution in [0.4, 0.5) is 4.79 Å². The van der Waals surface area contributed by atoms with Crippen molar-refractivity contribution in [1.82, 2.24) is 10.3 Å². The Bertz CT molecular complexity index is 861. The first-order chi connectivity index (χ1) is 15.0. The van der Waals surface area contributed by atoms with Crippen LogP contribution in [0.25, 0.3) is 5.57 Å². The molecular formula is C27H40N2O3. The van der Waals surface area contributed by atoms with Crippen molar-refractivity contribution < 1.29 is 14.6 Å². The summed E-state index contributed by atoms with van der Waals surface area (Å²) in [6.45, 7) is 10.9. The van der Waals surface area contributed by atoms with E-state index in [1.165, 1.54) is 11.1 Å². The number of ether oxygens (including phenoxy) is 1. The third-order valence-corrected chi connectivity index (χ3v) is 8.70. The molecule has 1 unspecified atom stereocenters. The van der Waals surface area contributed by atoms with Gasteiger partial charge < -0.3 is 15.2 Å². The minimum Gasteiger partial charge on any atom is -0.444 e. The average Bonchev–Trinajstić information content (AvgIpc) is 3.07. The van der Waals surface area contributed by atoms with Crippen LogP contribution in [-0.4, -0.2) is 34.4 Å². The number of aromatic nitrogens is 1. The summed E-state index contributed by atoms with van der Waals surface area (Å²) < 4.78 is 5.39. The van der Waals surface area contributed by atoms with Gasteiger partial charge in [-0.05, 0) is 105 Å². The van der Waals surface area contributed by atoms with Crippen molar-refractivity contribution in [2.45, 2.75) is 84.8 Å². The zero-order valence-corrected chi connectivity index (χ0v) is 20.4. The number of carbonyl (C=O) groups is 1. The lowest BCUT2D eigenvalue weighted by Crippen LogP contribution is -2.54. The van der Waals surface area contributed by atoms with E-state index in [2.05, 4.69) is 36.3 Å². The number of fused-ring (bicyclic) bond motifs is 3. The number of nitrogens with one attached hydrogen (secondary N) is 1. The van der Waals surface area contributed by atoms with Crippen molar-refractivity contribution >= 4 is 11.7 Å². The smallest absolute Gasteiger partial charge is 0.407 e. The van der Waals surface area contributed by atoms with Gasteiger partial charge in [0, 0.05) is 18.9 Å². The van der Waals surface area contributed by atoms with E-state index in [1.54, 1.807) is 0 Å². The van der Waals surface area contributed by atoms with Gasteiger partial charge in [-0.25, -0.2) is 4.79 Å². The van der Waals surface area contributed by atoms with E-state index >= 15 is 0 Å². The molecule has 1 aromatic heterocycles. The highest BCUT2D eigenvalue weighted by Gasteiger charge is 2.57. The van der Waals surface area contributed by atoms with Crippen LogP contribution in [-0.2, 0) is 4.74 Å². The molecule has 0 saturated heterocycles. The molecule has 2 fully saturated rings. The number of aliphatic hydroxyl groups is 1. The van der Waals surface area contributed by atoms with Gasteiger partial charge in [-0.1, -0.05) is 26.0 Å². The average molecular weight is 441 g/mol. The van der Waals surface area contributed by atoms with Crippen molar-refractivity contribution in [2.75, 3.05) is 6.54 Å². The van der Waals surface area contributed by atoms with Gasteiger partial charge in [0.1, 0.15) is 5.60 Å². The van der Waals surface area contributed by atoms with Crippen LogP contribution in [0.15, 0.2) is 30.6 Å². The molecule has 0 aromatic carbocycles. The molecule has 3 aliphatic carbocycles. The normalized spacial score (nSPS) is 36.6. The van der Waals surface area contributed by atoms with E-state index < -0.39 is 5.60 Å². The van der Waals surface area contributed by atoms with Crippen LogP contribution in [0.3, 0.4) is 0 Å². The molecule has 0 radical (unpaired) electrons. The first kappa shape index (κ1) is 23.3. The Morgan fingerprint density at radius 1 is 1.25 bits per heavy atom. The van der Waals surface area contributed by atoms with Crippen molar-refractivity contribution in [3.8, 4) is 0 Å². The predicted octanol–water partition coefficient (Wildman–Crippen LogP) is 5.59. The number of aliphatic hydroxyl groups excluding tert-OH is 1. The fraction of sp³-hybridized carbons (Fsp3) is 0.704. The molecule has 0 bridgehead atoms. The Labute approximate surface area is 193 Å². The van der Waals surface area contributed by atoms with Crippen LogP contribution in [0.2, 0.25) is 0 Å². The zero-order valence-electron chi connectivity index (χ0n) is 20.4. The molecule has 3 aliphatic rings. The van der Waals surface area contributed by atoms with Crippen LogP contribution in [0.1, 0.15) is 78.7 Å². The number of carbonyl (C=O) groups excluding carboxylic acids is 1. The van der Waals surface area contributed by atoms with Gasteiger partial charge in [0.15, 0.2) is 0 Å². The molecule has 0 aliphatic heterocycles. The third kappa shape index (κ3) is 4.21. The Hall–Kier alpha value is -1.88. The number of allylic oxidation sites excluding steroid dienone is 2. The molecule has 1 amide bonds. The summed E-state index contributed by atoms with van der Waals surface area (Å²) in [6, 6.07) is 4.22. The van der Waals surface area contributed by atoms with Gasteiger partial charge in [-0.2, -0.15) is 0 Å². The number of rotatable bonds is 4. The lowest BCUT2D eigenvalue weighted by atomic mass is 9.48. The maximum absolute atomic E-state index is 12.1. The van der Waals surface area contributed by atoms with Crippen LogP contribution in [0.5, 0.6) is 0 Å². The predicted molar refractivity (Wildman–Crippen MR) is 127 cm³/mol. The van der Waals surface area contributed by atoms with Crippen molar-refractivity contribution in [1.29, 1.82) is 0 Å². The fourth-order valence-corrected chi connectivity index (χ4v) is 7.07. The SMILES string of the molecule is CC(C)(C)OC(=O)NCC[C@@]1(C)C(O)CC[C@@H]2[C@@H]1CC[C@]1(C)C(c3cccnc3)=CC[C@@H]21. The first-order valence-electron chi connectivity index (χ1n) is 12.3. The zero-order chi connectivity index (χ0) is 23.1. The summed E-state index contributed by atoms with van der Waals surface area (Å²) >= 11 is 0. The van der Waals surface area contributed by atoms with Gasteiger partial charge in [0.25, 0.3) is 0 Å². The molecule has 1 aromatic rings. The van der Waals surface area contributed by atoms with E-state index in [9.17, 15) is 9.90 Å². The third-order valence-electron chi connectivity index (χ3n) is 8.70. The number of hydrogen-bond donors (Lipinski definition) is 2. The molecule has 176 valence electrons. The molecule has 6 atom stereocenters. The summed E-state index contributed by atoms with van der Waals surface area (Å²) in [5, 5.41) is 14.0. The number of nitrogens with zero attached hydrogens (tertiary/aromatic N) is 1. The summed E-state index contributed by atoms with van der Waals surface area (Å²) in [5.74, 6) is 1.70. The number of hydrogen-bond acceptors (Lipinski definition) is 4. The lowest BCUT2D eigenvalue weighted by molar-refractivity contribution is -0.118. The molecule has 5 heteroatoms. The molecule has 32 heavy (non-hydrogen) atoms. The van der Waals surface area contributed by atoms with E-state index in [0.29, 0.717) is 24.3 Å². The molecule has 1 heterocycles. The highest BCUT2D eigenvalue weighted by Crippen LogP contribution is 2.65. The fourth-order valence-electron chi connectivity index (χ4n) is 7.07. The number of amides is 1. The van der Waals surface area contributed by atoms with Gasteiger partial charge in [0.2, 0.25) is 0 Å². The molecular weight excluding hydrogens is 400 g/mol. The molecule has 0 spiro atoms. The maximum atomic E-state index is 12.1. The van der Waals surface area contributed by atoms with Gasteiger partial charge in [0.05, 0.1) is 6.10 Å². The monoisotopic (exact) mass is 440 g/mol. The minimum atomic E-state index is -0.501. The second-order valence-electron chi connectivity index (χ2n) is 11.7. The Kier molecular flexibility index (Phi) is 6.17. The minimum absolute atomic E-state index is 0.183.